The second-order valence-electron chi connectivity index (χ2n) is 9.59. The normalized spacial score (nSPS) is 19.6. The van der Waals surface area contributed by atoms with Gasteiger partial charge in [0.15, 0.2) is 0 Å². The number of nitrogens with one attached hydrogen (secondary N) is 1. The molecule has 0 radical (unpaired) electrons. The van der Waals surface area contributed by atoms with Crippen LogP contribution in [0.2, 0.25) is 5.02 Å². The Hall–Kier alpha value is -3.50. The van der Waals surface area contributed by atoms with Crippen LogP contribution in [0.3, 0.4) is 0 Å². The first-order chi connectivity index (χ1) is 18.0. The molecule has 1 aliphatic heterocycles. The molecule has 2 amide bonds. The Morgan fingerprint density at radius 1 is 1.11 bits per heavy atom. The molecule has 11 heteroatoms. The lowest BCUT2D eigenvalue weighted by Gasteiger charge is -2.43. The molecule has 2 atom stereocenters. The van der Waals surface area contributed by atoms with Gasteiger partial charge in [-0.1, -0.05) is 61.2 Å². The largest absolute Gasteiger partial charge is 0.372 e. The molecule has 37 heavy (non-hydrogen) atoms. The fourth-order valence-electron chi connectivity index (χ4n) is 5.18. The van der Waals surface area contributed by atoms with Crippen LogP contribution in [0.25, 0.3) is 5.69 Å². The minimum atomic E-state index is -1.06. The Morgan fingerprint density at radius 2 is 1.89 bits per heavy atom. The van der Waals surface area contributed by atoms with Gasteiger partial charge in [0.1, 0.15) is 18.6 Å². The minimum absolute atomic E-state index is 0.0318. The van der Waals surface area contributed by atoms with Crippen LogP contribution in [0.1, 0.15) is 37.7 Å². The molecular formula is C26H30ClN7O3. The first-order valence-corrected chi connectivity index (χ1v) is 13.0. The van der Waals surface area contributed by atoms with Crippen LogP contribution in [-0.4, -0.2) is 73.4 Å². The highest BCUT2D eigenvalue weighted by atomic mass is 35.5. The zero-order valence-corrected chi connectivity index (χ0v) is 21.2. The molecule has 2 N–H and O–H groups in total. The van der Waals surface area contributed by atoms with Crippen molar-refractivity contribution in [2.45, 2.75) is 56.8 Å². The number of β-amino-alcohol motifs (C(OH)–C–C–N with tert-alkyl or cyclic N) is 1. The average Bonchev–Trinajstić information content (AvgIpc) is 3.44. The van der Waals surface area contributed by atoms with Crippen LogP contribution in [0, 0.1) is 0 Å². The average molecular weight is 524 g/mol. The first-order valence-electron chi connectivity index (χ1n) is 12.6. The van der Waals surface area contributed by atoms with Crippen molar-refractivity contribution in [3.63, 3.8) is 0 Å². The predicted octanol–water partition coefficient (Wildman–Crippen LogP) is 2.34. The first kappa shape index (κ1) is 25.2. The van der Waals surface area contributed by atoms with E-state index in [2.05, 4.69) is 20.8 Å². The predicted molar refractivity (Wildman–Crippen MR) is 138 cm³/mol. The van der Waals surface area contributed by atoms with E-state index in [0.717, 1.165) is 31.2 Å². The van der Waals surface area contributed by atoms with Gasteiger partial charge in [-0.25, -0.2) is 0 Å². The third-order valence-corrected chi connectivity index (χ3v) is 7.33. The molecule has 194 valence electrons. The van der Waals surface area contributed by atoms with Gasteiger partial charge in [-0.05, 0) is 47.0 Å². The van der Waals surface area contributed by atoms with Crippen molar-refractivity contribution in [3.05, 3.63) is 65.4 Å². The molecule has 5 rings (SSSR count). The number of aliphatic hydroxyl groups excluding tert-OH is 1. The van der Waals surface area contributed by atoms with Crippen LogP contribution in [0.5, 0.6) is 0 Å². The number of rotatable bonds is 7. The maximum Gasteiger partial charge on any atom is 0.243 e. The number of amides is 2. The summed E-state index contributed by atoms with van der Waals surface area (Å²) in [7, 11) is 0. The van der Waals surface area contributed by atoms with Gasteiger partial charge in [0, 0.05) is 17.5 Å². The highest BCUT2D eigenvalue weighted by Gasteiger charge is 2.39. The summed E-state index contributed by atoms with van der Waals surface area (Å²) in [5.41, 5.74) is 2.05. The van der Waals surface area contributed by atoms with Crippen LogP contribution in [0.15, 0.2) is 54.9 Å². The summed E-state index contributed by atoms with van der Waals surface area (Å²) < 4.78 is 1.45. The standard InChI is InChI=1S/C26H30ClN7O3/c27-19-11-12-21(34-17-28-30-31-34)22(14-19)32-15-25(36)33(16-24(32)35)23(13-18-7-3-1-4-8-18)26(37)29-20-9-5-2-6-10-20/h1,3-4,7-8,11-12,14,17,20,23-24,35H,2,5-6,9-10,13,15-16H2,(H,29,37). The number of carbonyl (C=O) groups excluding carboxylic acids is 2. The molecule has 1 aliphatic carbocycles. The summed E-state index contributed by atoms with van der Waals surface area (Å²) >= 11 is 6.27. The van der Waals surface area contributed by atoms with E-state index >= 15 is 0 Å². The number of tetrazole rings is 1. The molecule has 3 aromatic rings. The molecule has 2 fully saturated rings. The molecule has 0 bridgehead atoms. The fraction of sp³-hybridized carbons (Fsp3) is 0.423. The lowest BCUT2D eigenvalue weighted by atomic mass is 9.94. The van der Waals surface area contributed by atoms with Gasteiger partial charge in [0.05, 0.1) is 24.5 Å². The number of carbonyl (C=O) groups is 2. The SMILES string of the molecule is O=C(NC1CCCCC1)C(Cc1ccccc1)N1CC(O)N(c2cc(Cl)ccc2-n2cnnn2)CC1=O. The van der Waals surface area contributed by atoms with Crippen LogP contribution < -0.4 is 10.2 Å². The number of hydrogen-bond donors (Lipinski definition) is 2. The topological polar surface area (TPSA) is 116 Å². The van der Waals surface area contributed by atoms with Gasteiger partial charge in [-0.15, -0.1) is 5.10 Å². The van der Waals surface area contributed by atoms with Gasteiger partial charge in [-0.2, -0.15) is 4.68 Å². The number of nitrogens with zero attached hydrogens (tertiary/aromatic N) is 6. The molecule has 1 saturated heterocycles. The smallest absolute Gasteiger partial charge is 0.243 e. The number of hydrogen-bond acceptors (Lipinski definition) is 7. The molecule has 1 saturated carbocycles. The highest BCUT2D eigenvalue weighted by molar-refractivity contribution is 6.31. The van der Waals surface area contributed by atoms with E-state index in [1.54, 1.807) is 23.1 Å². The van der Waals surface area contributed by atoms with E-state index in [1.165, 1.54) is 22.3 Å². The maximum atomic E-state index is 13.5. The van der Waals surface area contributed by atoms with Crippen molar-refractivity contribution >= 4 is 29.1 Å². The molecular weight excluding hydrogens is 494 g/mol. The summed E-state index contributed by atoms with van der Waals surface area (Å²) in [6, 6.07) is 14.1. The molecule has 2 heterocycles. The van der Waals surface area contributed by atoms with Crippen molar-refractivity contribution in [3.8, 4) is 5.69 Å². The van der Waals surface area contributed by atoms with Gasteiger partial charge in [0.25, 0.3) is 0 Å². The van der Waals surface area contributed by atoms with E-state index in [4.69, 9.17) is 11.6 Å². The lowest BCUT2D eigenvalue weighted by molar-refractivity contribution is -0.144. The van der Waals surface area contributed by atoms with E-state index in [9.17, 15) is 14.7 Å². The summed E-state index contributed by atoms with van der Waals surface area (Å²) in [5, 5.41) is 26.2. The number of aromatic nitrogens is 4. The number of benzene rings is 2. The summed E-state index contributed by atoms with van der Waals surface area (Å²) in [4.78, 5) is 30.2. The third-order valence-electron chi connectivity index (χ3n) is 7.09. The summed E-state index contributed by atoms with van der Waals surface area (Å²) in [6.45, 7) is -0.158. The molecule has 1 aromatic heterocycles. The van der Waals surface area contributed by atoms with Crippen molar-refractivity contribution in [1.29, 1.82) is 0 Å². The third kappa shape index (κ3) is 5.75. The Balaban J connectivity index is 1.39. The fourth-order valence-corrected chi connectivity index (χ4v) is 5.35. The van der Waals surface area contributed by atoms with E-state index in [1.807, 2.05) is 30.3 Å². The molecule has 0 spiro atoms. The Kier molecular flexibility index (Phi) is 7.66. The summed E-state index contributed by atoms with van der Waals surface area (Å²) in [6.07, 6.45) is 6.00. The zero-order chi connectivity index (χ0) is 25.8. The van der Waals surface area contributed by atoms with Gasteiger partial charge in [-0.3, -0.25) is 9.59 Å². The number of piperazine rings is 1. The van der Waals surface area contributed by atoms with Crippen LogP contribution in [-0.2, 0) is 16.0 Å². The molecule has 10 nitrogen and oxygen atoms in total. The van der Waals surface area contributed by atoms with Gasteiger partial charge < -0.3 is 20.2 Å². The van der Waals surface area contributed by atoms with Gasteiger partial charge >= 0.3 is 0 Å². The second kappa shape index (κ2) is 11.3. The zero-order valence-electron chi connectivity index (χ0n) is 20.4. The van der Waals surface area contributed by atoms with E-state index in [0.29, 0.717) is 22.8 Å². The maximum absolute atomic E-state index is 13.5. The minimum Gasteiger partial charge on any atom is -0.372 e. The number of aliphatic hydroxyl groups is 1. The van der Waals surface area contributed by atoms with Gasteiger partial charge in [0.2, 0.25) is 11.8 Å². The number of halogens is 1. The molecule has 2 unspecified atom stereocenters. The quantitative estimate of drug-likeness (QED) is 0.488. The summed E-state index contributed by atoms with van der Waals surface area (Å²) in [5.74, 6) is -0.436. The Labute approximate surface area is 220 Å². The van der Waals surface area contributed by atoms with Crippen molar-refractivity contribution in [2.75, 3.05) is 18.0 Å². The molecule has 2 aromatic carbocycles. The van der Waals surface area contributed by atoms with Crippen molar-refractivity contribution < 1.29 is 14.7 Å². The van der Waals surface area contributed by atoms with Crippen LogP contribution in [0.4, 0.5) is 5.69 Å². The Morgan fingerprint density at radius 3 is 2.62 bits per heavy atom. The van der Waals surface area contributed by atoms with Crippen molar-refractivity contribution in [1.82, 2.24) is 30.4 Å². The van der Waals surface area contributed by atoms with Crippen molar-refractivity contribution in [2.24, 2.45) is 0 Å². The molecule has 2 aliphatic rings. The monoisotopic (exact) mass is 523 g/mol. The van der Waals surface area contributed by atoms with E-state index in [-0.39, 0.29) is 30.9 Å². The Bertz CT molecular complexity index is 1220. The number of anilines is 1. The second-order valence-corrected chi connectivity index (χ2v) is 10.0. The van der Waals surface area contributed by atoms with Crippen LogP contribution >= 0.6 is 11.6 Å². The van der Waals surface area contributed by atoms with E-state index < -0.39 is 12.3 Å². The highest BCUT2D eigenvalue weighted by Crippen LogP contribution is 2.31. The lowest BCUT2D eigenvalue weighted by Crippen LogP contribution is -2.63.